The number of fused-ring (bicyclic) bond motifs is 1. The molecule has 170 valence electrons. The molecule has 8 nitrogen and oxygen atoms in total. The van der Waals surface area contributed by atoms with Crippen molar-refractivity contribution < 1.29 is 19.1 Å². The number of carbonyl (C=O) groups excluding carboxylic acids is 3. The summed E-state index contributed by atoms with van der Waals surface area (Å²) in [7, 11) is 1.24. The molecule has 1 aliphatic heterocycles. The molecule has 0 unspecified atom stereocenters. The Labute approximate surface area is 199 Å². The lowest BCUT2D eigenvalue weighted by molar-refractivity contribution is -0.133. The lowest BCUT2D eigenvalue weighted by Gasteiger charge is -2.43. The largest absolute Gasteiger partial charge is 0.464 e. The highest BCUT2D eigenvalue weighted by Crippen LogP contribution is 2.31. The molecule has 0 aliphatic carbocycles. The van der Waals surface area contributed by atoms with Gasteiger partial charge < -0.3 is 19.5 Å². The van der Waals surface area contributed by atoms with Crippen LogP contribution in [0.15, 0.2) is 65.4 Å². The Hall–Kier alpha value is -3.46. The van der Waals surface area contributed by atoms with Gasteiger partial charge in [-0.05, 0) is 30.2 Å². The average Bonchev–Trinajstić information content (AvgIpc) is 3.24. The average molecular weight is 511 g/mol. The lowest BCUT2D eigenvalue weighted by Crippen LogP contribution is -2.63. The Balaban J connectivity index is 1.70. The van der Waals surface area contributed by atoms with Gasteiger partial charge in [0.05, 0.1) is 20.0 Å². The number of halogens is 1. The summed E-state index contributed by atoms with van der Waals surface area (Å²) < 4.78 is 7.21. The second-order valence-corrected chi connectivity index (χ2v) is 8.94. The first-order valence-electron chi connectivity index (χ1n) is 10.4. The molecule has 3 aromatic rings. The molecule has 9 heteroatoms. The van der Waals surface area contributed by atoms with Crippen LogP contribution in [0.2, 0.25) is 0 Å². The van der Waals surface area contributed by atoms with Crippen LogP contribution in [0.1, 0.15) is 39.0 Å². The van der Waals surface area contributed by atoms with Gasteiger partial charge in [-0.3, -0.25) is 9.59 Å². The molecule has 0 radical (unpaired) electrons. The molecule has 1 aliphatic rings. The van der Waals surface area contributed by atoms with Gasteiger partial charge in [-0.1, -0.05) is 58.4 Å². The lowest BCUT2D eigenvalue weighted by atomic mass is 9.93. The van der Waals surface area contributed by atoms with E-state index in [1.807, 2.05) is 54.6 Å². The Morgan fingerprint density at radius 1 is 1.15 bits per heavy atom. The number of methoxy groups -OCH3 is 1. The van der Waals surface area contributed by atoms with Crippen LogP contribution in [0.25, 0.3) is 0 Å². The molecular weight excluding hydrogens is 488 g/mol. The number of hydrogen-bond acceptors (Lipinski definition) is 5. The van der Waals surface area contributed by atoms with Crippen molar-refractivity contribution in [1.29, 1.82) is 0 Å². The van der Waals surface area contributed by atoms with Crippen molar-refractivity contribution in [2.24, 2.45) is 0 Å². The maximum Gasteiger partial charge on any atom is 0.359 e. The number of ether oxygens (including phenoxy) is 1. The number of imidazole rings is 1. The summed E-state index contributed by atoms with van der Waals surface area (Å²) in [5, 5.41) is 2.96. The van der Waals surface area contributed by atoms with Crippen LogP contribution in [0.3, 0.4) is 0 Å². The van der Waals surface area contributed by atoms with Crippen molar-refractivity contribution in [3.63, 3.8) is 0 Å². The van der Waals surface area contributed by atoms with Gasteiger partial charge in [0.1, 0.15) is 11.2 Å². The van der Waals surface area contributed by atoms with Gasteiger partial charge in [0.2, 0.25) is 5.91 Å². The van der Waals surface area contributed by atoms with Gasteiger partial charge in [-0.15, -0.1) is 0 Å². The third kappa shape index (κ3) is 4.41. The minimum atomic E-state index is -1.21. The van der Waals surface area contributed by atoms with E-state index in [4.69, 9.17) is 4.74 Å². The zero-order chi connectivity index (χ0) is 23.6. The second-order valence-electron chi connectivity index (χ2n) is 8.02. The zero-order valence-electron chi connectivity index (χ0n) is 18.2. The van der Waals surface area contributed by atoms with Crippen molar-refractivity contribution in [3.8, 4) is 0 Å². The maximum absolute atomic E-state index is 13.7. The summed E-state index contributed by atoms with van der Waals surface area (Å²) in [5.74, 6) is -1.46. The summed E-state index contributed by atoms with van der Waals surface area (Å²) in [4.78, 5) is 44.9. The number of amides is 2. The first-order valence-corrected chi connectivity index (χ1v) is 11.1. The Bertz CT molecular complexity index is 1210. The zero-order valence-corrected chi connectivity index (χ0v) is 19.8. The second kappa shape index (κ2) is 9.19. The van der Waals surface area contributed by atoms with Crippen LogP contribution in [0, 0.1) is 0 Å². The molecule has 0 fully saturated rings. The number of benzene rings is 2. The van der Waals surface area contributed by atoms with Crippen LogP contribution in [-0.2, 0) is 29.2 Å². The number of nitrogens with one attached hydrogen (secondary N) is 1. The van der Waals surface area contributed by atoms with Crippen molar-refractivity contribution in [3.05, 3.63) is 87.9 Å². The number of hydrogen-bond donors (Lipinski definition) is 1. The van der Waals surface area contributed by atoms with E-state index >= 15 is 0 Å². The Morgan fingerprint density at radius 2 is 1.88 bits per heavy atom. The fraction of sp³-hybridized carbons (Fsp3) is 0.250. The molecule has 2 aromatic carbocycles. The highest BCUT2D eigenvalue weighted by Gasteiger charge is 2.48. The smallest absolute Gasteiger partial charge is 0.359 e. The maximum atomic E-state index is 13.7. The van der Waals surface area contributed by atoms with Crippen LogP contribution in [0.5, 0.6) is 0 Å². The van der Waals surface area contributed by atoms with Gasteiger partial charge in [0, 0.05) is 17.6 Å². The molecule has 0 bridgehead atoms. The monoisotopic (exact) mass is 510 g/mol. The molecule has 0 spiro atoms. The van der Waals surface area contributed by atoms with Crippen molar-refractivity contribution in [2.75, 3.05) is 7.11 Å². The summed E-state index contributed by atoms with van der Waals surface area (Å²) in [6.07, 6.45) is 1.40. The molecule has 0 saturated heterocycles. The van der Waals surface area contributed by atoms with E-state index in [0.29, 0.717) is 6.54 Å². The Morgan fingerprint density at radius 3 is 2.58 bits per heavy atom. The third-order valence-electron chi connectivity index (χ3n) is 5.75. The van der Waals surface area contributed by atoms with Crippen LogP contribution < -0.4 is 5.32 Å². The topological polar surface area (TPSA) is 93.5 Å². The standard InChI is InChI=1S/C24H23BrN4O4/c1-24(23(32)26-12-16-7-4-3-5-8-16)14-28-15-27-19(22(31)33-2)20(28)21(30)29(24)13-17-9-6-10-18(25)11-17/h3-11,15H,12-14H2,1-2H3,(H,26,32)/t24-/m0/s1. The number of esters is 1. The SMILES string of the molecule is COC(=O)c1ncn2c1C(=O)N(Cc1cccc(Br)c1)[C@](C)(C(=O)NCc1ccccc1)C2. The molecule has 4 rings (SSSR count). The van der Waals surface area contributed by atoms with Crippen LogP contribution in [0.4, 0.5) is 0 Å². The van der Waals surface area contributed by atoms with Gasteiger partial charge in [0.15, 0.2) is 5.69 Å². The molecule has 0 saturated carbocycles. The number of aromatic nitrogens is 2. The highest BCUT2D eigenvalue weighted by atomic mass is 79.9. The summed E-state index contributed by atoms with van der Waals surface area (Å²) in [6.45, 7) is 2.38. The van der Waals surface area contributed by atoms with E-state index in [1.54, 1.807) is 11.5 Å². The Kier molecular flexibility index (Phi) is 6.33. The summed E-state index contributed by atoms with van der Waals surface area (Å²) >= 11 is 3.45. The summed E-state index contributed by atoms with van der Waals surface area (Å²) in [6, 6.07) is 17.1. The van der Waals surface area contributed by atoms with Crippen LogP contribution >= 0.6 is 15.9 Å². The molecule has 2 heterocycles. The normalized spacial score (nSPS) is 17.4. The molecule has 1 N–H and O–H groups in total. The first kappa shape index (κ1) is 22.7. The van der Waals surface area contributed by atoms with Crippen LogP contribution in [-0.4, -0.2) is 44.9 Å². The van der Waals surface area contributed by atoms with Gasteiger partial charge in [-0.2, -0.15) is 0 Å². The molecule has 2 amide bonds. The minimum absolute atomic E-state index is 0.0616. The van der Waals surface area contributed by atoms with Gasteiger partial charge in [-0.25, -0.2) is 9.78 Å². The number of nitrogens with zero attached hydrogens (tertiary/aromatic N) is 3. The van der Waals surface area contributed by atoms with Crippen molar-refractivity contribution in [1.82, 2.24) is 19.8 Å². The minimum Gasteiger partial charge on any atom is -0.464 e. The fourth-order valence-corrected chi connectivity index (χ4v) is 4.42. The molecule has 1 atom stereocenters. The van der Waals surface area contributed by atoms with E-state index in [-0.39, 0.29) is 30.4 Å². The highest BCUT2D eigenvalue weighted by molar-refractivity contribution is 9.10. The summed E-state index contributed by atoms with van der Waals surface area (Å²) in [5.41, 5.74) is 0.632. The van der Waals surface area contributed by atoms with Gasteiger partial charge in [0.25, 0.3) is 5.91 Å². The number of rotatable bonds is 6. The first-order chi connectivity index (χ1) is 15.8. The van der Waals surface area contributed by atoms with E-state index in [0.717, 1.165) is 15.6 Å². The molecular formula is C24H23BrN4O4. The van der Waals surface area contributed by atoms with E-state index in [1.165, 1.54) is 18.3 Å². The van der Waals surface area contributed by atoms with Crippen molar-refractivity contribution >= 4 is 33.7 Å². The number of carbonyl (C=O) groups is 3. The van der Waals surface area contributed by atoms with Gasteiger partial charge >= 0.3 is 5.97 Å². The molecule has 1 aromatic heterocycles. The predicted molar refractivity (Wildman–Crippen MR) is 124 cm³/mol. The molecule has 33 heavy (non-hydrogen) atoms. The fourth-order valence-electron chi connectivity index (χ4n) is 3.97. The third-order valence-corrected chi connectivity index (χ3v) is 6.25. The van der Waals surface area contributed by atoms with E-state index < -0.39 is 17.4 Å². The van der Waals surface area contributed by atoms with E-state index in [2.05, 4.69) is 26.2 Å². The quantitative estimate of drug-likeness (QED) is 0.514. The predicted octanol–water partition coefficient (Wildman–Crippen LogP) is 3.16. The van der Waals surface area contributed by atoms with E-state index in [9.17, 15) is 14.4 Å². The van der Waals surface area contributed by atoms with Crippen molar-refractivity contribution in [2.45, 2.75) is 32.1 Å².